The lowest BCUT2D eigenvalue weighted by Gasteiger charge is -2.08. The van der Waals surface area contributed by atoms with Crippen molar-refractivity contribution in [1.29, 1.82) is 5.26 Å². The molecule has 0 aliphatic carbocycles. The van der Waals surface area contributed by atoms with Gasteiger partial charge in [0, 0.05) is 4.88 Å². The molecule has 0 saturated heterocycles. The largest absolute Gasteiger partial charge is 0.497 e. The molecular weight excluding hydrogens is 270 g/mol. The molecular formula is C16H15NO2S. The van der Waals surface area contributed by atoms with Gasteiger partial charge >= 0.3 is 0 Å². The number of rotatable bonds is 4. The van der Waals surface area contributed by atoms with Crippen LogP contribution in [0.3, 0.4) is 0 Å². The summed E-state index contributed by atoms with van der Waals surface area (Å²) in [5.74, 6) is -0.196. The number of nitriles is 1. The smallest absolute Gasteiger partial charge is 0.194 e. The fraction of sp³-hybridized carbons (Fsp3) is 0.250. The molecule has 0 spiro atoms. The molecule has 0 aliphatic heterocycles. The zero-order valence-corrected chi connectivity index (χ0v) is 12.5. The number of hydrogen-bond acceptors (Lipinski definition) is 4. The second kappa shape index (κ2) is 5.89. The standard InChI is InChI=1S/C16H15NO2S/c1-10-8-15(20-11(10)2)16(18)14(9-17)12-4-6-13(19-3)7-5-12/h4-8,14H,1-3H3. The van der Waals surface area contributed by atoms with Crippen LogP contribution in [0.4, 0.5) is 0 Å². The summed E-state index contributed by atoms with van der Waals surface area (Å²) < 4.78 is 5.08. The van der Waals surface area contributed by atoms with Crippen molar-refractivity contribution in [2.75, 3.05) is 7.11 Å². The Morgan fingerprint density at radius 1 is 1.30 bits per heavy atom. The van der Waals surface area contributed by atoms with Crippen LogP contribution in [0.25, 0.3) is 0 Å². The molecule has 2 rings (SSSR count). The van der Waals surface area contributed by atoms with E-state index in [1.54, 1.807) is 31.4 Å². The average Bonchev–Trinajstić information content (AvgIpc) is 2.80. The fourth-order valence-electron chi connectivity index (χ4n) is 1.92. The summed E-state index contributed by atoms with van der Waals surface area (Å²) in [6, 6.07) is 11.0. The zero-order valence-electron chi connectivity index (χ0n) is 11.6. The van der Waals surface area contributed by atoms with Gasteiger partial charge in [-0.15, -0.1) is 11.3 Å². The Kier molecular flexibility index (Phi) is 4.21. The van der Waals surface area contributed by atoms with E-state index in [0.717, 1.165) is 10.4 Å². The van der Waals surface area contributed by atoms with Crippen LogP contribution in [0.1, 0.15) is 31.6 Å². The molecule has 1 aromatic carbocycles. The number of thiophene rings is 1. The molecule has 1 unspecified atom stereocenters. The third-order valence-corrected chi connectivity index (χ3v) is 4.42. The van der Waals surface area contributed by atoms with Gasteiger partial charge in [-0.3, -0.25) is 4.79 Å². The van der Waals surface area contributed by atoms with E-state index < -0.39 is 5.92 Å². The molecule has 0 saturated carbocycles. The molecule has 0 amide bonds. The van der Waals surface area contributed by atoms with Crippen molar-refractivity contribution in [2.24, 2.45) is 0 Å². The van der Waals surface area contributed by atoms with Crippen LogP contribution in [-0.2, 0) is 0 Å². The van der Waals surface area contributed by atoms with Crippen LogP contribution in [0.2, 0.25) is 0 Å². The Morgan fingerprint density at radius 3 is 2.40 bits per heavy atom. The lowest BCUT2D eigenvalue weighted by Crippen LogP contribution is -2.09. The van der Waals surface area contributed by atoms with E-state index in [1.807, 2.05) is 19.9 Å². The summed E-state index contributed by atoms with van der Waals surface area (Å²) >= 11 is 1.44. The number of ether oxygens (including phenoxy) is 1. The Bertz CT molecular complexity index is 645. The van der Waals surface area contributed by atoms with E-state index >= 15 is 0 Å². The molecule has 1 aromatic heterocycles. The molecule has 0 fully saturated rings. The molecule has 1 heterocycles. The number of benzene rings is 1. The van der Waals surface area contributed by atoms with Gasteiger partial charge in [0.2, 0.25) is 0 Å². The summed E-state index contributed by atoms with van der Waals surface area (Å²) in [5, 5.41) is 9.32. The monoisotopic (exact) mass is 285 g/mol. The number of carbonyl (C=O) groups is 1. The number of Topliss-reactive ketones (excluding diaryl/α,β-unsaturated/α-hetero) is 1. The SMILES string of the molecule is COc1ccc(C(C#N)C(=O)c2cc(C)c(C)s2)cc1. The Labute approximate surface area is 122 Å². The van der Waals surface area contributed by atoms with Crippen LogP contribution in [0.5, 0.6) is 5.75 Å². The molecule has 0 N–H and O–H groups in total. The molecule has 0 radical (unpaired) electrons. The highest BCUT2D eigenvalue weighted by Crippen LogP contribution is 2.28. The number of nitrogens with zero attached hydrogens (tertiary/aromatic N) is 1. The van der Waals surface area contributed by atoms with E-state index in [9.17, 15) is 10.1 Å². The topological polar surface area (TPSA) is 50.1 Å². The van der Waals surface area contributed by atoms with Gasteiger partial charge in [0.15, 0.2) is 5.78 Å². The summed E-state index contributed by atoms with van der Waals surface area (Å²) in [6.07, 6.45) is 0. The minimum absolute atomic E-state index is 0.140. The normalized spacial score (nSPS) is 11.7. The summed E-state index contributed by atoms with van der Waals surface area (Å²) in [4.78, 5) is 14.2. The highest BCUT2D eigenvalue weighted by molar-refractivity contribution is 7.14. The lowest BCUT2D eigenvalue weighted by atomic mass is 9.95. The maximum absolute atomic E-state index is 12.5. The number of ketones is 1. The first-order valence-corrected chi connectivity index (χ1v) is 7.03. The summed E-state index contributed by atoms with van der Waals surface area (Å²) in [6.45, 7) is 3.95. The number of hydrogen-bond donors (Lipinski definition) is 0. The molecule has 3 nitrogen and oxygen atoms in total. The Hall–Kier alpha value is -2.12. The van der Waals surface area contributed by atoms with Gasteiger partial charge in [0.1, 0.15) is 11.7 Å². The highest BCUT2D eigenvalue weighted by Gasteiger charge is 2.23. The van der Waals surface area contributed by atoms with Crippen molar-refractivity contribution in [1.82, 2.24) is 0 Å². The number of methoxy groups -OCH3 is 1. The minimum Gasteiger partial charge on any atom is -0.497 e. The predicted octanol–water partition coefficient (Wildman–Crippen LogP) is 3.86. The van der Waals surface area contributed by atoms with E-state index in [1.165, 1.54) is 11.3 Å². The average molecular weight is 285 g/mol. The van der Waals surface area contributed by atoms with E-state index in [-0.39, 0.29) is 5.78 Å². The maximum Gasteiger partial charge on any atom is 0.194 e. The predicted molar refractivity (Wildman–Crippen MR) is 79.5 cm³/mol. The van der Waals surface area contributed by atoms with E-state index in [2.05, 4.69) is 6.07 Å². The van der Waals surface area contributed by atoms with Crippen molar-refractivity contribution in [3.05, 3.63) is 51.2 Å². The van der Waals surface area contributed by atoms with Crippen LogP contribution < -0.4 is 4.74 Å². The van der Waals surface area contributed by atoms with Crippen LogP contribution >= 0.6 is 11.3 Å². The van der Waals surface area contributed by atoms with Gasteiger partial charge in [0.25, 0.3) is 0 Å². The third-order valence-electron chi connectivity index (χ3n) is 3.25. The van der Waals surface area contributed by atoms with Gasteiger partial charge in [-0.05, 0) is 43.2 Å². The van der Waals surface area contributed by atoms with Gasteiger partial charge < -0.3 is 4.74 Å². The zero-order chi connectivity index (χ0) is 14.7. The quantitative estimate of drug-likeness (QED) is 0.801. The first kappa shape index (κ1) is 14.3. The molecule has 1 atom stereocenters. The van der Waals surface area contributed by atoms with Crippen LogP contribution in [0, 0.1) is 25.2 Å². The molecule has 20 heavy (non-hydrogen) atoms. The molecule has 4 heteroatoms. The van der Waals surface area contributed by atoms with Crippen molar-refractivity contribution >= 4 is 17.1 Å². The van der Waals surface area contributed by atoms with Gasteiger partial charge in [-0.1, -0.05) is 12.1 Å². The lowest BCUT2D eigenvalue weighted by molar-refractivity contribution is 0.0982. The molecule has 102 valence electrons. The van der Waals surface area contributed by atoms with Gasteiger partial charge in [0.05, 0.1) is 18.1 Å². The van der Waals surface area contributed by atoms with Crippen LogP contribution in [0.15, 0.2) is 30.3 Å². The second-order valence-corrected chi connectivity index (χ2v) is 5.81. The molecule has 2 aromatic rings. The van der Waals surface area contributed by atoms with E-state index in [4.69, 9.17) is 4.74 Å². The van der Waals surface area contributed by atoms with Gasteiger partial charge in [-0.2, -0.15) is 5.26 Å². The maximum atomic E-state index is 12.5. The molecule has 0 aliphatic rings. The van der Waals surface area contributed by atoms with Crippen molar-refractivity contribution in [3.63, 3.8) is 0 Å². The Balaban J connectivity index is 2.31. The summed E-state index contributed by atoms with van der Waals surface area (Å²) in [7, 11) is 1.58. The highest BCUT2D eigenvalue weighted by atomic mass is 32.1. The Morgan fingerprint density at radius 2 is 1.95 bits per heavy atom. The first-order chi connectivity index (χ1) is 9.56. The van der Waals surface area contributed by atoms with Crippen molar-refractivity contribution < 1.29 is 9.53 Å². The first-order valence-electron chi connectivity index (χ1n) is 6.21. The fourth-order valence-corrected chi connectivity index (χ4v) is 2.92. The van der Waals surface area contributed by atoms with E-state index in [0.29, 0.717) is 16.2 Å². The number of aryl methyl sites for hydroxylation is 2. The van der Waals surface area contributed by atoms with Crippen molar-refractivity contribution in [3.8, 4) is 11.8 Å². The second-order valence-electron chi connectivity index (χ2n) is 4.55. The molecule has 0 bridgehead atoms. The van der Waals surface area contributed by atoms with Crippen LogP contribution in [-0.4, -0.2) is 12.9 Å². The van der Waals surface area contributed by atoms with Crippen molar-refractivity contribution in [2.45, 2.75) is 19.8 Å². The minimum atomic E-state index is -0.765. The summed E-state index contributed by atoms with van der Waals surface area (Å²) in [5.41, 5.74) is 1.78. The number of carbonyl (C=O) groups excluding carboxylic acids is 1. The van der Waals surface area contributed by atoms with Gasteiger partial charge in [-0.25, -0.2) is 0 Å². The third kappa shape index (κ3) is 2.73.